The maximum Gasteiger partial charge on any atom is 0.326 e. The van der Waals surface area contributed by atoms with Crippen molar-refractivity contribution in [1.29, 1.82) is 0 Å². The lowest BCUT2D eigenvalue weighted by atomic mass is 10.1. The summed E-state index contributed by atoms with van der Waals surface area (Å²) < 4.78 is 26.5. The van der Waals surface area contributed by atoms with E-state index in [2.05, 4.69) is 26.6 Å². The molecule has 1 rings (SSSR count). The minimum atomic E-state index is -1.17. The van der Waals surface area contributed by atoms with Crippen molar-refractivity contribution < 1.29 is 23.5 Å². The highest BCUT2D eigenvalue weighted by atomic mass is 79.9. The number of hydrogen-bond acceptors (Lipinski definition) is 2. The molecule has 0 saturated carbocycles. The molecule has 5 nitrogen and oxygen atoms in total. The summed E-state index contributed by atoms with van der Waals surface area (Å²) >= 11 is 2.92. The largest absolute Gasteiger partial charge is 0.480 e. The van der Waals surface area contributed by atoms with Gasteiger partial charge in [0.25, 0.3) is 0 Å². The van der Waals surface area contributed by atoms with Gasteiger partial charge in [0.05, 0.1) is 5.69 Å². The minimum Gasteiger partial charge on any atom is -0.480 e. The highest BCUT2D eigenvalue weighted by Gasteiger charge is 2.20. The van der Waals surface area contributed by atoms with Crippen LogP contribution in [0.2, 0.25) is 0 Å². The summed E-state index contributed by atoms with van der Waals surface area (Å²) in [4.78, 5) is 22.7. The lowest BCUT2D eigenvalue weighted by Gasteiger charge is -2.15. The molecule has 0 fully saturated rings. The number of carbonyl (C=O) groups excluding carboxylic acids is 1. The molecular weight excluding hydrogens is 350 g/mol. The van der Waals surface area contributed by atoms with E-state index in [4.69, 9.17) is 5.11 Å². The number of carbonyl (C=O) groups is 2. The van der Waals surface area contributed by atoms with Gasteiger partial charge in [-0.15, -0.1) is 0 Å². The predicted molar refractivity (Wildman–Crippen MR) is 77.2 cm³/mol. The Morgan fingerprint density at radius 1 is 1.38 bits per heavy atom. The zero-order valence-electron chi connectivity index (χ0n) is 11.3. The summed E-state index contributed by atoms with van der Waals surface area (Å²) in [5.41, 5.74) is -0.256. The van der Waals surface area contributed by atoms with Crippen LogP contribution in [0.3, 0.4) is 0 Å². The van der Waals surface area contributed by atoms with Crippen molar-refractivity contribution >= 4 is 33.6 Å². The lowest BCUT2D eigenvalue weighted by Crippen LogP contribution is -2.43. The average molecular weight is 365 g/mol. The van der Waals surface area contributed by atoms with E-state index in [-0.39, 0.29) is 16.6 Å². The van der Waals surface area contributed by atoms with E-state index < -0.39 is 29.7 Å². The molecule has 0 heterocycles. The zero-order chi connectivity index (χ0) is 16.0. The Labute approximate surface area is 128 Å². The fourth-order valence-corrected chi connectivity index (χ4v) is 2.14. The molecule has 0 bridgehead atoms. The van der Waals surface area contributed by atoms with Crippen LogP contribution >= 0.6 is 15.9 Å². The van der Waals surface area contributed by atoms with Crippen molar-refractivity contribution in [2.75, 3.05) is 5.32 Å². The second-order valence-corrected chi connectivity index (χ2v) is 5.23. The Morgan fingerprint density at radius 2 is 2.05 bits per heavy atom. The quantitative estimate of drug-likeness (QED) is 0.722. The Bertz CT molecular complexity index is 517. The number of hydrogen-bond donors (Lipinski definition) is 3. The molecule has 0 saturated heterocycles. The van der Waals surface area contributed by atoms with Gasteiger partial charge in [0.15, 0.2) is 5.82 Å². The van der Waals surface area contributed by atoms with Crippen LogP contribution in [0.15, 0.2) is 16.6 Å². The molecule has 0 aliphatic carbocycles. The normalized spacial score (nSPS) is 11.8. The van der Waals surface area contributed by atoms with Gasteiger partial charge < -0.3 is 15.7 Å². The summed E-state index contributed by atoms with van der Waals surface area (Å²) in [6, 6.07) is -0.326. The monoisotopic (exact) mass is 364 g/mol. The van der Waals surface area contributed by atoms with E-state index in [0.717, 1.165) is 12.5 Å². The van der Waals surface area contributed by atoms with Crippen molar-refractivity contribution in [3.8, 4) is 0 Å². The molecule has 116 valence electrons. The fourth-order valence-electron chi connectivity index (χ4n) is 1.64. The number of benzene rings is 1. The van der Waals surface area contributed by atoms with E-state index in [1.54, 1.807) is 0 Å². The Hall–Kier alpha value is -1.70. The Kier molecular flexibility index (Phi) is 6.54. The molecular formula is C13H15BrF2N2O3. The third kappa shape index (κ3) is 5.30. The average Bonchev–Trinajstić information content (AvgIpc) is 2.38. The van der Waals surface area contributed by atoms with Gasteiger partial charge in [-0.2, -0.15) is 0 Å². The van der Waals surface area contributed by atoms with Crippen LogP contribution in [0.1, 0.15) is 26.2 Å². The number of nitrogens with one attached hydrogen (secondary N) is 2. The van der Waals surface area contributed by atoms with Gasteiger partial charge in [-0.25, -0.2) is 18.4 Å². The maximum atomic E-state index is 13.5. The Balaban J connectivity index is 2.74. The molecule has 8 heteroatoms. The smallest absolute Gasteiger partial charge is 0.326 e. The number of rotatable bonds is 6. The summed E-state index contributed by atoms with van der Waals surface area (Å²) in [6.45, 7) is 1.89. The van der Waals surface area contributed by atoms with E-state index in [1.165, 1.54) is 0 Å². The number of aliphatic carboxylic acids is 1. The zero-order valence-corrected chi connectivity index (χ0v) is 12.8. The first-order valence-electron chi connectivity index (χ1n) is 6.30. The molecule has 0 aliphatic rings. The molecule has 0 radical (unpaired) electrons. The van der Waals surface area contributed by atoms with Crippen LogP contribution in [0.4, 0.5) is 19.3 Å². The van der Waals surface area contributed by atoms with Crippen LogP contribution in [0.5, 0.6) is 0 Å². The maximum absolute atomic E-state index is 13.5. The number of anilines is 1. The number of unbranched alkanes of at least 4 members (excludes halogenated alkanes) is 1. The van der Waals surface area contributed by atoms with Crippen LogP contribution in [-0.4, -0.2) is 23.1 Å². The lowest BCUT2D eigenvalue weighted by molar-refractivity contribution is -0.139. The molecule has 3 N–H and O–H groups in total. The summed E-state index contributed by atoms with van der Waals surface area (Å²) in [5, 5.41) is 13.4. The summed E-state index contributed by atoms with van der Waals surface area (Å²) in [5.74, 6) is -2.92. The highest BCUT2D eigenvalue weighted by Crippen LogP contribution is 2.26. The number of carboxylic acids is 1. The van der Waals surface area contributed by atoms with Crippen LogP contribution in [0.25, 0.3) is 0 Å². The highest BCUT2D eigenvalue weighted by molar-refractivity contribution is 9.10. The van der Waals surface area contributed by atoms with Gasteiger partial charge in [0.2, 0.25) is 0 Å². The first kappa shape index (κ1) is 17.4. The second kappa shape index (κ2) is 7.92. The number of halogens is 3. The molecule has 0 aromatic heterocycles. The molecule has 0 unspecified atom stereocenters. The number of carboxylic acid groups (broad SMARTS) is 1. The van der Waals surface area contributed by atoms with Gasteiger partial charge in [-0.05, 0) is 28.4 Å². The molecule has 0 aliphatic heterocycles. The molecule has 2 amide bonds. The van der Waals surface area contributed by atoms with E-state index in [0.29, 0.717) is 12.5 Å². The van der Waals surface area contributed by atoms with E-state index in [9.17, 15) is 18.4 Å². The first-order valence-corrected chi connectivity index (χ1v) is 7.09. The summed E-state index contributed by atoms with van der Waals surface area (Å²) in [6.07, 6.45) is 1.68. The first-order chi connectivity index (χ1) is 9.85. The molecule has 1 aromatic rings. The van der Waals surface area contributed by atoms with Crippen LogP contribution in [0, 0.1) is 11.6 Å². The van der Waals surface area contributed by atoms with Gasteiger partial charge in [0.1, 0.15) is 11.9 Å². The van der Waals surface area contributed by atoms with Gasteiger partial charge >= 0.3 is 12.0 Å². The van der Waals surface area contributed by atoms with Crippen LogP contribution < -0.4 is 10.6 Å². The van der Waals surface area contributed by atoms with Crippen LogP contribution in [-0.2, 0) is 4.79 Å². The topological polar surface area (TPSA) is 78.4 Å². The van der Waals surface area contributed by atoms with Gasteiger partial charge in [-0.3, -0.25) is 0 Å². The van der Waals surface area contributed by atoms with E-state index in [1.807, 2.05) is 6.92 Å². The van der Waals surface area contributed by atoms with Crippen molar-refractivity contribution in [2.24, 2.45) is 0 Å². The second-order valence-electron chi connectivity index (χ2n) is 4.38. The number of urea groups is 1. The molecule has 0 spiro atoms. The molecule has 1 aromatic carbocycles. The van der Waals surface area contributed by atoms with Crippen molar-refractivity contribution in [3.05, 3.63) is 28.2 Å². The third-order valence-corrected chi connectivity index (χ3v) is 3.32. The summed E-state index contributed by atoms with van der Waals surface area (Å²) in [7, 11) is 0. The van der Waals surface area contributed by atoms with Crippen molar-refractivity contribution in [3.63, 3.8) is 0 Å². The van der Waals surface area contributed by atoms with Gasteiger partial charge in [0, 0.05) is 10.5 Å². The molecule has 21 heavy (non-hydrogen) atoms. The fraction of sp³-hybridized carbons (Fsp3) is 0.385. The Morgan fingerprint density at radius 3 is 2.57 bits per heavy atom. The standard InChI is InChI=1S/C13H15BrF2N2O3/c1-2-3-4-10(12(19)20)17-13(21)18-11-8(14)5-7(15)6-9(11)16/h5-6,10H,2-4H2,1H3,(H,19,20)(H2,17,18,21)/t10-/m0/s1. The predicted octanol–water partition coefficient (Wildman–Crippen LogP) is 3.49. The van der Waals surface area contributed by atoms with Gasteiger partial charge in [-0.1, -0.05) is 19.8 Å². The van der Waals surface area contributed by atoms with Crippen molar-refractivity contribution in [2.45, 2.75) is 32.2 Å². The minimum absolute atomic E-state index is 0.0237. The number of amides is 2. The SMILES string of the molecule is CCCC[C@H](NC(=O)Nc1c(F)cc(F)cc1Br)C(=O)O. The third-order valence-electron chi connectivity index (χ3n) is 2.70. The molecule has 1 atom stereocenters. The van der Waals surface area contributed by atoms with E-state index >= 15 is 0 Å². The van der Waals surface area contributed by atoms with Crippen molar-refractivity contribution in [1.82, 2.24) is 5.32 Å².